The van der Waals surface area contributed by atoms with E-state index < -0.39 is 5.82 Å². The van der Waals surface area contributed by atoms with Crippen molar-refractivity contribution in [2.24, 2.45) is 0 Å². The summed E-state index contributed by atoms with van der Waals surface area (Å²) in [7, 11) is 0. The van der Waals surface area contributed by atoms with Crippen LogP contribution in [0.15, 0.2) is 22.7 Å². The molecule has 1 nitrogen and oxygen atoms in total. The number of hydrogen-bond acceptors (Lipinski definition) is 2. The van der Waals surface area contributed by atoms with Gasteiger partial charge in [0, 0.05) is 4.47 Å². The van der Waals surface area contributed by atoms with E-state index in [4.69, 9.17) is 0 Å². The summed E-state index contributed by atoms with van der Waals surface area (Å²) in [6.07, 6.45) is 0. The molecule has 0 radical (unpaired) electrons. The summed E-state index contributed by atoms with van der Waals surface area (Å²) in [4.78, 5) is 11.0. The number of halogens is 2. The number of thiol groups is 1. The van der Waals surface area contributed by atoms with E-state index in [1.165, 1.54) is 12.1 Å². The second-order valence-electron chi connectivity index (χ2n) is 2.21. The fraction of sp³-hybridized carbons (Fsp3) is 0.125. The van der Waals surface area contributed by atoms with Gasteiger partial charge in [0.15, 0.2) is 5.78 Å². The van der Waals surface area contributed by atoms with Crippen molar-refractivity contribution >= 4 is 34.3 Å². The van der Waals surface area contributed by atoms with Gasteiger partial charge in [-0.1, -0.05) is 15.9 Å². The third-order valence-corrected chi connectivity index (χ3v) is 2.15. The fourth-order valence-electron chi connectivity index (χ4n) is 0.796. The van der Waals surface area contributed by atoms with E-state index in [1.54, 1.807) is 6.07 Å². The lowest BCUT2D eigenvalue weighted by Crippen LogP contribution is -2.03. The van der Waals surface area contributed by atoms with Crippen LogP contribution in [0.4, 0.5) is 4.39 Å². The summed E-state index contributed by atoms with van der Waals surface area (Å²) in [5.74, 6) is -0.790. The van der Waals surface area contributed by atoms with E-state index in [0.29, 0.717) is 4.47 Å². The Morgan fingerprint density at radius 3 is 2.83 bits per heavy atom. The van der Waals surface area contributed by atoms with Crippen LogP contribution in [0.5, 0.6) is 0 Å². The SMILES string of the molecule is O=C(CS)c1cc(Br)ccc1F. The van der Waals surface area contributed by atoms with E-state index in [1.807, 2.05) is 0 Å². The Bertz CT molecular complexity index is 314. The summed E-state index contributed by atoms with van der Waals surface area (Å²) >= 11 is 6.93. The Morgan fingerprint density at radius 1 is 1.58 bits per heavy atom. The van der Waals surface area contributed by atoms with Gasteiger partial charge in [-0.2, -0.15) is 12.6 Å². The number of carbonyl (C=O) groups excluding carboxylic acids is 1. The molecule has 0 spiro atoms. The van der Waals surface area contributed by atoms with E-state index in [0.717, 1.165) is 0 Å². The topological polar surface area (TPSA) is 17.1 Å². The number of rotatable bonds is 2. The van der Waals surface area contributed by atoms with Gasteiger partial charge < -0.3 is 0 Å². The van der Waals surface area contributed by atoms with Crippen LogP contribution in [0.1, 0.15) is 10.4 Å². The summed E-state index contributed by atoms with van der Waals surface area (Å²) < 4.78 is 13.6. The van der Waals surface area contributed by atoms with Crippen molar-refractivity contribution < 1.29 is 9.18 Å². The first-order valence-corrected chi connectivity index (χ1v) is 4.67. The molecule has 0 saturated heterocycles. The van der Waals surface area contributed by atoms with E-state index in [2.05, 4.69) is 28.6 Å². The Balaban J connectivity index is 3.13. The zero-order valence-electron chi connectivity index (χ0n) is 6.05. The van der Waals surface area contributed by atoms with Gasteiger partial charge in [-0.25, -0.2) is 4.39 Å². The van der Waals surface area contributed by atoms with Gasteiger partial charge in [-0.15, -0.1) is 0 Å². The molecule has 0 amide bonds. The van der Waals surface area contributed by atoms with Crippen LogP contribution in [0, 0.1) is 5.82 Å². The fourth-order valence-corrected chi connectivity index (χ4v) is 1.33. The molecule has 1 aromatic carbocycles. The van der Waals surface area contributed by atoms with Crippen molar-refractivity contribution in [2.75, 3.05) is 5.75 Å². The molecule has 0 N–H and O–H groups in total. The zero-order chi connectivity index (χ0) is 9.14. The normalized spacial score (nSPS) is 9.92. The van der Waals surface area contributed by atoms with Crippen LogP contribution in [-0.4, -0.2) is 11.5 Å². The highest BCUT2D eigenvalue weighted by Gasteiger charge is 2.09. The molecule has 4 heteroatoms. The minimum absolute atomic E-state index is 0.0212. The van der Waals surface area contributed by atoms with Crippen molar-refractivity contribution in [1.82, 2.24) is 0 Å². The highest BCUT2D eigenvalue weighted by atomic mass is 79.9. The first-order chi connectivity index (χ1) is 5.65. The Labute approximate surface area is 83.5 Å². The highest BCUT2D eigenvalue weighted by molar-refractivity contribution is 9.10. The monoisotopic (exact) mass is 248 g/mol. The molecule has 0 aromatic heterocycles. The van der Waals surface area contributed by atoms with Gasteiger partial charge in [-0.3, -0.25) is 4.79 Å². The summed E-state index contributed by atoms with van der Waals surface area (Å²) in [6, 6.07) is 4.25. The van der Waals surface area contributed by atoms with E-state index in [-0.39, 0.29) is 17.1 Å². The third-order valence-electron chi connectivity index (χ3n) is 1.37. The molecule has 1 aromatic rings. The predicted molar refractivity (Wildman–Crippen MR) is 52.3 cm³/mol. The second kappa shape index (κ2) is 4.05. The number of carbonyl (C=O) groups is 1. The number of ketones is 1. The van der Waals surface area contributed by atoms with Gasteiger partial charge in [0.1, 0.15) is 5.82 Å². The minimum atomic E-state index is -0.503. The molecule has 0 aliphatic heterocycles. The Hall–Kier alpha value is -0.350. The van der Waals surface area contributed by atoms with Crippen LogP contribution >= 0.6 is 28.6 Å². The van der Waals surface area contributed by atoms with Crippen LogP contribution in [-0.2, 0) is 0 Å². The maximum absolute atomic E-state index is 12.9. The minimum Gasteiger partial charge on any atom is -0.293 e. The molecule has 1 rings (SSSR count). The van der Waals surface area contributed by atoms with Gasteiger partial charge in [0.05, 0.1) is 11.3 Å². The first kappa shape index (κ1) is 9.74. The molecule has 0 aliphatic carbocycles. The molecule has 0 unspecified atom stereocenters. The van der Waals surface area contributed by atoms with Crippen LogP contribution in [0.2, 0.25) is 0 Å². The van der Waals surface area contributed by atoms with Crippen molar-refractivity contribution in [3.8, 4) is 0 Å². The van der Waals surface area contributed by atoms with E-state index in [9.17, 15) is 9.18 Å². The van der Waals surface area contributed by atoms with Gasteiger partial charge >= 0.3 is 0 Å². The third kappa shape index (κ3) is 2.08. The largest absolute Gasteiger partial charge is 0.293 e. The quantitative estimate of drug-likeness (QED) is 0.630. The van der Waals surface area contributed by atoms with Gasteiger partial charge in [0.25, 0.3) is 0 Å². The van der Waals surface area contributed by atoms with Crippen LogP contribution in [0.3, 0.4) is 0 Å². The van der Waals surface area contributed by atoms with Crippen molar-refractivity contribution in [3.63, 3.8) is 0 Å². The molecule has 12 heavy (non-hydrogen) atoms. The lowest BCUT2D eigenvalue weighted by atomic mass is 10.1. The van der Waals surface area contributed by atoms with Crippen LogP contribution in [0.25, 0.3) is 0 Å². The van der Waals surface area contributed by atoms with Crippen LogP contribution < -0.4 is 0 Å². The van der Waals surface area contributed by atoms with Gasteiger partial charge in [-0.05, 0) is 18.2 Å². The summed E-state index contributed by atoms with van der Waals surface area (Å²) in [6.45, 7) is 0. The van der Waals surface area contributed by atoms with Gasteiger partial charge in [0.2, 0.25) is 0 Å². The molecule has 0 heterocycles. The zero-order valence-corrected chi connectivity index (χ0v) is 8.53. The number of benzene rings is 1. The van der Waals surface area contributed by atoms with Crippen molar-refractivity contribution in [3.05, 3.63) is 34.1 Å². The Kier molecular flexibility index (Phi) is 3.29. The average molecular weight is 249 g/mol. The molecule has 0 bridgehead atoms. The molecule has 64 valence electrons. The molecule has 0 aliphatic rings. The maximum Gasteiger partial charge on any atom is 0.175 e. The maximum atomic E-state index is 12.9. The molecule has 0 saturated carbocycles. The lowest BCUT2D eigenvalue weighted by molar-refractivity contribution is 0.101. The molecular weight excluding hydrogens is 243 g/mol. The standard InChI is InChI=1S/C8H6BrFOS/c9-5-1-2-7(10)6(3-5)8(11)4-12/h1-3,12H,4H2. The molecule has 0 atom stereocenters. The summed E-state index contributed by atoms with van der Waals surface area (Å²) in [5.41, 5.74) is 0.0828. The summed E-state index contributed by atoms with van der Waals surface area (Å²) in [5, 5.41) is 0. The number of Topliss-reactive ketones (excluding diaryl/α,β-unsaturated/α-hetero) is 1. The average Bonchev–Trinajstić information content (AvgIpc) is 2.08. The first-order valence-electron chi connectivity index (χ1n) is 3.24. The second-order valence-corrected chi connectivity index (χ2v) is 3.44. The smallest absolute Gasteiger partial charge is 0.175 e. The van der Waals surface area contributed by atoms with Crippen molar-refractivity contribution in [1.29, 1.82) is 0 Å². The van der Waals surface area contributed by atoms with E-state index >= 15 is 0 Å². The number of hydrogen-bond donors (Lipinski definition) is 1. The lowest BCUT2D eigenvalue weighted by Gasteiger charge is -1.99. The Morgan fingerprint density at radius 2 is 2.25 bits per heavy atom. The molecule has 0 fully saturated rings. The van der Waals surface area contributed by atoms with Crippen molar-refractivity contribution in [2.45, 2.75) is 0 Å². The highest BCUT2D eigenvalue weighted by Crippen LogP contribution is 2.16. The molecular formula is C8H6BrFOS. The predicted octanol–water partition coefficient (Wildman–Crippen LogP) is 2.70.